The van der Waals surface area contributed by atoms with E-state index in [9.17, 15) is 0 Å². The van der Waals surface area contributed by atoms with Crippen molar-refractivity contribution in [3.8, 4) is 5.75 Å². The van der Waals surface area contributed by atoms with Crippen LogP contribution in [0.4, 0.5) is 0 Å². The molecule has 2 rings (SSSR count). The largest absolute Gasteiger partial charge is 0.467 e. The van der Waals surface area contributed by atoms with Crippen molar-refractivity contribution < 1.29 is 9.47 Å². The van der Waals surface area contributed by atoms with Gasteiger partial charge in [-0.3, -0.25) is 0 Å². The van der Waals surface area contributed by atoms with E-state index in [0.29, 0.717) is 19.9 Å². The summed E-state index contributed by atoms with van der Waals surface area (Å²) in [5.41, 5.74) is 7.90. The molecule has 13 heavy (non-hydrogen) atoms. The summed E-state index contributed by atoms with van der Waals surface area (Å²) in [6.07, 6.45) is 0.885. The predicted octanol–water partition coefficient (Wildman–Crippen LogP) is 1.05. The van der Waals surface area contributed by atoms with Crippen molar-refractivity contribution in [3.05, 3.63) is 29.3 Å². The van der Waals surface area contributed by atoms with Gasteiger partial charge in [0.05, 0.1) is 6.61 Å². The van der Waals surface area contributed by atoms with Gasteiger partial charge in [0.1, 0.15) is 5.75 Å². The summed E-state index contributed by atoms with van der Waals surface area (Å²) in [5, 5.41) is 0. The molecule has 3 heteroatoms. The fourth-order valence-corrected chi connectivity index (χ4v) is 1.55. The van der Waals surface area contributed by atoms with Crippen LogP contribution < -0.4 is 10.5 Å². The maximum Gasteiger partial charge on any atom is 0.189 e. The molecule has 1 aliphatic heterocycles. The van der Waals surface area contributed by atoms with Gasteiger partial charge in [0.2, 0.25) is 0 Å². The lowest BCUT2D eigenvalue weighted by Gasteiger charge is -2.20. The Morgan fingerprint density at radius 1 is 1.38 bits per heavy atom. The lowest BCUT2D eigenvalue weighted by Crippen LogP contribution is -2.14. The smallest absolute Gasteiger partial charge is 0.189 e. The molecule has 0 aromatic heterocycles. The van der Waals surface area contributed by atoms with E-state index in [0.717, 1.165) is 17.7 Å². The van der Waals surface area contributed by atoms with Gasteiger partial charge in [0.15, 0.2) is 6.79 Å². The van der Waals surface area contributed by atoms with Crippen LogP contribution in [0.25, 0.3) is 0 Å². The van der Waals surface area contributed by atoms with Gasteiger partial charge in [0.25, 0.3) is 0 Å². The van der Waals surface area contributed by atoms with Crippen molar-refractivity contribution in [2.75, 3.05) is 13.3 Å². The molecular formula is C10H13NO2. The molecule has 1 heterocycles. The molecule has 2 N–H and O–H groups in total. The Hall–Kier alpha value is -1.06. The first-order valence-corrected chi connectivity index (χ1v) is 4.43. The summed E-state index contributed by atoms with van der Waals surface area (Å²) in [6, 6.07) is 6.04. The molecule has 1 aromatic carbocycles. The minimum absolute atomic E-state index is 0.360. The first-order valence-electron chi connectivity index (χ1n) is 4.43. The van der Waals surface area contributed by atoms with E-state index < -0.39 is 0 Å². The van der Waals surface area contributed by atoms with E-state index in [1.165, 1.54) is 5.56 Å². The average molecular weight is 179 g/mol. The highest BCUT2D eigenvalue weighted by molar-refractivity contribution is 5.40. The molecule has 70 valence electrons. The average Bonchev–Trinajstić information content (AvgIpc) is 2.19. The number of benzene rings is 1. The first kappa shape index (κ1) is 8.53. The van der Waals surface area contributed by atoms with E-state index in [-0.39, 0.29) is 0 Å². The van der Waals surface area contributed by atoms with Crippen molar-refractivity contribution in [3.63, 3.8) is 0 Å². The highest BCUT2D eigenvalue weighted by Crippen LogP contribution is 2.26. The minimum atomic E-state index is 0.360. The monoisotopic (exact) mass is 179 g/mol. The van der Waals surface area contributed by atoms with Gasteiger partial charge in [-0.25, -0.2) is 0 Å². The van der Waals surface area contributed by atoms with Crippen LogP contribution in [0.1, 0.15) is 11.1 Å². The van der Waals surface area contributed by atoms with Crippen molar-refractivity contribution in [1.82, 2.24) is 0 Å². The summed E-state index contributed by atoms with van der Waals surface area (Å²) in [7, 11) is 0. The van der Waals surface area contributed by atoms with Crippen LogP contribution >= 0.6 is 0 Å². The van der Waals surface area contributed by atoms with E-state index in [1.54, 1.807) is 0 Å². The zero-order valence-corrected chi connectivity index (χ0v) is 7.45. The van der Waals surface area contributed by atoms with Gasteiger partial charge in [-0.15, -0.1) is 0 Å². The summed E-state index contributed by atoms with van der Waals surface area (Å²) in [4.78, 5) is 0. The van der Waals surface area contributed by atoms with Gasteiger partial charge in [-0.05, 0) is 24.6 Å². The Bertz CT molecular complexity index is 299. The van der Waals surface area contributed by atoms with E-state index >= 15 is 0 Å². The summed E-state index contributed by atoms with van der Waals surface area (Å²) in [5.74, 6) is 0.942. The Labute approximate surface area is 77.5 Å². The number of rotatable bonds is 2. The third kappa shape index (κ3) is 1.66. The molecule has 0 radical (unpaired) electrons. The standard InChI is InChI=1S/C10H13NO2/c11-5-4-8-2-1-3-10-9(8)6-12-7-13-10/h1-3H,4-7,11H2. The molecule has 0 saturated carbocycles. The number of hydrogen-bond donors (Lipinski definition) is 1. The Morgan fingerprint density at radius 3 is 3.15 bits per heavy atom. The van der Waals surface area contributed by atoms with Crippen molar-refractivity contribution in [2.45, 2.75) is 13.0 Å². The molecule has 0 saturated heterocycles. The van der Waals surface area contributed by atoms with Crippen LogP contribution in [-0.2, 0) is 17.8 Å². The molecule has 0 amide bonds. The van der Waals surface area contributed by atoms with Crippen LogP contribution in [-0.4, -0.2) is 13.3 Å². The van der Waals surface area contributed by atoms with Crippen molar-refractivity contribution in [1.29, 1.82) is 0 Å². The molecule has 1 aromatic rings. The van der Waals surface area contributed by atoms with Gasteiger partial charge in [-0.1, -0.05) is 12.1 Å². The zero-order valence-electron chi connectivity index (χ0n) is 7.45. The third-order valence-electron chi connectivity index (χ3n) is 2.19. The number of fused-ring (bicyclic) bond motifs is 1. The predicted molar refractivity (Wildman–Crippen MR) is 49.5 cm³/mol. The van der Waals surface area contributed by atoms with Crippen LogP contribution in [0.3, 0.4) is 0 Å². The summed E-state index contributed by atoms with van der Waals surface area (Å²) >= 11 is 0. The SMILES string of the molecule is NCCc1cccc2c1COCO2. The topological polar surface area (TPSA) is 44.5 Å². The molecule has 3 nitrogen and oxygen atoms in total. The lowest BCUT2D eigenvalue weighted by atomic mass is 10.0. The fourth-order valence-electron chi connectivity index (χ4n) is 1.55. The molecule has 0 fully saturated rings. The molecule has 0 bridgehead atoms. The normalized spacial score (nSPS) is 14.8. The Balaban J connectivity index is 2.34. The molecule has 0 atom stereocenters. The van der Waals surface area contributed by atoms with Crippen LogP contribution in [0.15, 0.2) is 18.2 Å². The van der Waals surface area contributed by atoms with Gasteiger partial charge in [0, 0.05) is 5.56 Å². The minimum Gasteiger partial charge on any atom is -0.467 e. The van der Waals surface area contributed by atoms with Crippen LogP contribution in [0.5, 0.6) is 5.75 Å². The summed E-state index contributed by atoms with van der Waals surface area (Å²) in [6.45, 7) is 1.67. The fraction of sp³-hybridized carbons (Fsp3) is 0.400. The summed E-state index contributed by atoms with van der Waals surface area (Å²) < 4.78 is 10.6. The zero-order chi connectivity index (χ0) is 9.10. The third-order valence-corrected chi connectivity index (χ3v) is 2.19. The van der Waals surface area contributed by atoms with E-state index in [4.69, 9.17) is 15.2 Å². The lowest BCUT2D eigenvalue weighted by molar-refractivity contribution is -0.0168. The number of nitrogens with two attached hydrogens (primary N) is 1. The highest BCUT2D eigenvalue weighted by atomic mass is 16.7. The maximum atomic E-state index is 5.51. The van der Waals surface area contributed by atoms with Gasteiger partial charge < -0.3 is 15.2 Å². The van der Waals surface area contributed by atoms with Crippen molar-refractivity contribution >= 4 is 0 Å². The second kappa shape index (κ2) is 3.77. The maximum absolute atomic E-state index is 5.51. The molecular weight excluding hydrogens is 166 g/mol. The van der Waals surface area contributed by atoms with Crippen molar-refractivity contribution in [2.24, 2.45) is 5.73 Å². The van der Waals surface area contributed by atoms with Gasteiger partial charge in [-0.2, -0.15) is 0 Å². The number of ether oxygens (including phenoxy) is 2. The second-order valence-corrected chi connectivity index (χ2v) is 3.04. The Kier molecular flexibility index (Phi) is 2.47. The molecule has 0 aliphatic carbocycles. The molecule has 1 aliphatic rings. The molecule has 0 unspecified atom stereocenters. The van der Waals surface area contributed by atoms with Gasteiger partial charge >= 0.3 is 0 Å². The first-order chi connectivity index (χ1) is 6.42. The number of hydrogen-bond acceptors (Lipinski definition) is 3. The van der Waals surface area contributed by atoms with Crippen LogP contribution in [0.2, 0.25) is 0 Å². The van der Waals surface area contributed by atoms with E-state index in [2.05, 4.69) is 6.07 Å². The second-order valence-electron chi connectivity index (χ2n) is 3.04. The quantitative estimate of drug-likeness (QED) is 0.738. The molecule has 0 spiro atoms. The van der Waals surface area contributed by atoms with Crippen LogP contribution in [0, 0.1) is 0 Å². The van der Waals surface area contributed by atoms with E-state index in [1.807, 2.05) is 12.1 Å². The highest BCUT2D eigenvalue weighted by Gasteiger charge is 2.13. The Morgan fingerprint density at radius 2 is 2.31 bits per heavy atom.